The van der Waals surface area contributed by atoms with Crippen molar-refractivity contribution in [3.05, 3.63) is 57.8 Å². The standard InChI is InChI=1S/C19H15N5O6S2/c1-10(2)32(28,29)19-22-31-18-21-17(25)14(16(20)23(18)19)9-13-7-8-15(30-13)11-3-5-12(6-4-11)24(26)27/h3-10,20H,1-2H3/b14-9-,20-16?. The van der Waals surface area contributed by atoms with Gasteiger partial charge in [-0.25, -0.2) is 13.3 Å². The molecule has 0 atom stereocenters. The topological polar surface area (TPSA) is 159 Å². The summed E-state index contributed by atoms with van der Waals surface area (Å²) < 4.78 is 34.8. The van der Waals surface area contributed by atoms with Crippen LogP contribution in [0.3, 0.4) is 0 Å². The number of carbonyl (C=O) groups excluding carboxylic acids is 1. The first-order chi connectivity index (χ1) is 15.1. The van der Waals surface area contributed by atoms with Gasteiger partial charge in [-0.15, -0.1) is 0 Å². The van der Waals surface area contributed by atoms with Crippen molar-refractivity contribution in [3.8, 4) is 11.3 Å². The second-order valence-electron chi connectivity index (χ2n) is 7.01. The lowest BCUT2D eigenvalue weighted by Crippen LogP contribution is -2.46. The molecule has 164 valence electrons. The highest BCUT2D eigenvalue weighted by Crippen LogP contribution is 2.32. The number of non-ortho nitro benzene ring substituents is 1. The number of nitrogens with one attached hydrogen (secondary N) is 1. The van der Waals surface area contributed by atoms with Gasteiger partial charge in [-0.3, -0.25) is 20.3 Å². The number of amides is 1. The Morgan fingerprint density at radius 1 is 1.22 bits per heavy atom. The number of hydrogen-bond donors (Lipinski definition) is 1. The third-order valence-corrected chi connectivity index (χ3v) is 7.49. The number of nitro benzene ring substituents is 1. The van der Waals surface area contributed by atoms with Crippen LogP contribution in [0.5, 0.6) is 0 Å². The highest BCUT2D eigenvalue weighted by Gasteiger charge is 2.43. The molecule has 0 spiro atoms. The zero-order valence-corrected chi connectivity index (χ0v) is 18.3. The molecule has 0 fully saturated rings. The minimum absolute atomic E-state index is 0.00221. The molecule has 1 amide bonds. The van der Waals surface area contributed by atoms with Crippen molar-refractivity contribution in [2.45, 2.75) is 19.1 Å². The summed E-state index contributed by atoms with van der Waals surface area (Å²) in [6.07, 6.45) is 1.29. The van der Waals surface area contributed by atoms with E-state index < -0.39 is 25.9 Å². The van der Waals surface area contributed by atoms with Gasteiger partial charge in [-0.2, -0.15) is 9.39 Å². The lowest BCUT2D eigenvalue weighted by molar-refractivity contribution is -0.384. The fraction of sp³-hybridized carbons (Fsp3) is 0.158. The molecule has 2 aliphatic rings. The van der Waals surface area contributed by atoms with E-state index in [1.54, 1.807) is 12.1 Å². The van der Waals surface area contributed by atoms with Crippen LogP contribution in [-0.4, -0.2) is 45.6 Å². The second kappa shape index (κ2) is 7.84. The molecule has 1 N–H and O–H groups in total. The van der Waals surface area contributed by atoms with Crippen molar-refractivity contribution in [1.82, 2.24) is 4.90 Å². The number of sulfone groups is 1. The average Bonchev–Trinajstić information content (AvgIpc) is 3.38. The van der Waals surface area contributed by atoms with Crippen LogP contribution in [0.4, 0.5) is 5.69 Å². The van der Waals surface area contributed by atoms with E-state index in [2.05, 4.69) is 9.39 Å². The van der Waals surface area contributed by atoms with Crippen molar-refractivity contribution >= 4 is 55.6 Å². The molecule has 13 heteroatoms. The summed E-state index contributed by atoms with van der Waals surface area (Å²) >= 11 is 0.724. The Morgan fingerprint density at radius 2 is 1.91 bits per heavy atom. The fourth-order valence-corrected chi connectivity index (χ4v) is 4.93. The molecule has 0 aliphatic carbocycles. The summed E-state index contributed by atoms with van der Waals surface area (Å²) in [6.45, 7) is 2.99. The molecule has 2 aromatic rings. The Kier molecular flexibility index (Phi) is 5.30. The summed E-state index contributed by atoms with van der Waals surface area (Å²) in [7, 11) is -3.81. The lowest BCUT2D eigenvalue weighted by Gasteiger charge is -2.25. The minimum atomic E-state index is -3.81. The van der Waals surface area contributed by atoms with E-state index in [0.29, 0.717) is 11.3 Å². The minimum Gasteiger partial charge on any atom is -0.457 e. The first kappa shape index (κ1) is 21.6. The SMILES string of the molecule is CC(C)S(=O)(=O)C1=NSC2=NC(=O)/C(=C\c3ccc(-c4ccc([N+](=O)[O-])cc4)o3)C(=N)N21. The summed E-state index contributed by atoms with van der Waals surface area (Å²) in [5.41, 5.74) is 0.362. The number of nitrogens with zero attached hydrogens (tertiary/aromatic N) is 4. The Balaban J connectivity index is 1.66. The monoisotopic (exact) mass is 473 g/mol. The number of aliphatic imine (C=N–C) groups is 1. The van der Waals surface area contributed by atoms with Gasteiger partial charge in [-0.05, 0) is 44.2 Å². The largest absolute Gasteiger partial charge is 0.457 e. The third-order valence-electron chi connectivity index (χ3n) is 4.65. The quantitative estimate of drug-likeness (QED) is 0.306. The predicted molar refractivity (Wildman–Crippen MR) is 120 cm³/mol. The van der Waals surface area contributed by atoms with Crippen LogP contribution in [0.2, 0.25) is 0 Å². The highest BCUT2D eigenvalue weighted by atomic mass is 32.2. The van der Waals surface area contributed by atoms with E-state index >= 15 is 0 Å². The maximum Gasteiger partial charge on any atom is 0.283 e. The van der Waals surface area contributed by atoms with Crippen LogP contribution in [0.15, 0.2) is 55.8 Å². The number of benzene rings is 1. The number of amidine groups is 3. The summed E-state index contributed by atoms with van der Waals surface area (Å²) in [6, 6.07) is 8.91. The zero-order chi connectivity index (χ0) is 23.2. The molecule has 32 heavy (non-hydrogen) atoms. The van der Waals surface area contributed by atoms with Crippen LogP contribution in [0.1, 0.15) is 19.6 Å². The van der Waals surface area contributed by atoms with Gasteiger partial charge in [0.1, 0.15) is 17.4 Å². The predicted octanol–water partition coefficient (Wildman–Crippen LogP) is 3.25. The number of nitro groups is 1. The molecule has 0 saturated heterocycles. The maximum atomic E-state index is 12.6. The molecule has 0 unspecified atom stereocenters. The Hall–Kier alpha value is -3.58. The number of rotatable bonds is 4. The molecule has 1 aromatic heterocycles. The second-order valence-corrected chi connectivity index (χ2v) is 10.1. The van der Waals surface area contributed by atoms with Crippen LogP contribution >= 0.6 is 11.9 Å². The Morgan fingerprint density at radius 3 is 2.53 bits per heavy atom. The van der Waals surface area contributed by atoms with Gasteiger partial charge in [0.15, 0.2) is 0 Å². The van der Waals surface area contributed by atoms with Gasteiger partial charge in [0, 0.05) is 17.7 Å². The molecule has 1 aromatic carbocycles. The van der Waals surface area contributed by atoms with E-state index in [1.165, 1.54) is 44.2 Å². The first-order valence-electron chi connectivity index (χ1n) is 9.17. The smallest absolute Gasteiger partial charge is 0.283 e. The molecule has 3 heterocycles. The van der Waals surface area contributed by atoms with E-state index in [0.717, 1.165) is 16.8 Å². The number of carbonyl (C=O) groups is 1. The van der Waals surface area contributed by atoms with Gasteiger partial charge in [0.05, 0.1) is 27.7 Å². The molecular weight excluding hydrogens is 458 g/mol. The summed E-state index contributed by atoms with van der Waals surface area (Å²) in [4.78, 5) is 27.7. The van der Waals surface area contributed by atoms with E-state index in [-0.39, 0.29) is 33.2 Å². The molecule has 11 nitrogen and oxygen atoms in total. The van der Waals surface area contributed by atoms with Crippen LogP contribution in [0, 0.1) is 15.5 Å². The van der Waals surface area contributed by atoms with E-state index in [9.17, 15) is 23.3 Å². The van der Waals surface area contributed by atoms with Crippen molar-refractivity contribution in [2.24, 2.45) is 9.39 Å². The number of hydrogen-bond acceptors (Lipinski definition) is 9. The van der Waals surface area contributed by atoms with E-state index in [4.69, 9.17) is 9.83 Å². The summed E-state index contributed by atoms with van der Waals surface area (Å²) in [5, 5.41) is 18.1. The average molecular weight is 473 g/mol. The summed E-state index contributed by atoms with van der Waals surface area (Å²) in [5.74, 6) is -0.476. The van der Waals surface area contributed by atoms with Crippen molar-refractivity contribution in [3.63, 3.8) is 0 Å². The zero-order valence-electron chi connectivity index (χ0n) is 16.7. The van der Waals surface area contributed by atoms with Gasteiger partial charge in [-0.1, -0.05) is 0 Å². The molecule has 0 radical (unpaired) electrons. The van der Waals surface area contributed by atoms with Crippen molar-refractivity contribution in [2.75, 3.05) is 0 Å². The van der Waals surface area contributed by atoms with Crippen molar-refractivity contribution < 1.29 is 22.6 Å². The van der Waals surface area contributed by atoms with Crippen molar-refractivity contribution in [1.29, 1.82) is 5.41 Å². The van der Waals surface area contributed by atoms with Gasteiger partial charge >= 0.3 is 0 Å². The lowest BCUT2D eigenvalue weighted by atomic mass is 10.1. The van der Waals surface area contributed by atoms with Gasteiger partial charge in [0.25, 0.3) is 11.6 Å². The molecule has 0 saturated carbocycles. The molecular formula is C19H15N5O6S2. The first-order valence-corrected chi connectivity index (χ1v) is 11.5. The highest BCUT2D eigenvalue weighted by molar-refractivity contribution is 8.16. The fourth-order valence-electron chi connectivity index (χ4n) is 2.87. The Labute approximate surface area is 186 Å². The molecule has 2 aliphatic heterocycles. The van der Waals surface area contributed by atoms with Crippen LogP contribution in [0.25, 0.3) is 17.4 Å². The Bertz CT molecular complexity index is 1350. The maximum absolute atomic E-state index is 12.6. The number of fused-ring (bicyclic) bond motifs is 1. The number of furan rings is 1. The van der Waals surface area contributed by atoms with Gasteiger partial charge in [0.2, 0.25) is 20.2 Å². The van der Waals surface area contributed by atoms with Gasteiger partial charge < -0.3 is 4.42 Å². The van der Waals surface area contributed by atoms with Crippen LogP contribution < -0.4 is 0 Å². The normalized spacial score (nSPS) is 17.6. The van der Waals surface area contributed by atoms with Crippen LogP contribution in [-0.2, 0) is 14.6 Å². The molecule has 0 bridgehead atoms. The third kappa shape index (κ3) is 3.65. The molecule has 4 rings (SSSR count). The van der Waals surface area contributed by atoms with E-state index in [1.807, 2.05) is 0 Å².